The predicted molar refractivity (Wildman–Crippen MR) is 136 cm³/mol. The van der Waals surface area contributed by atoms with E-state index in [4.69, 9.17) is 4.98 Å². The van der Waals surface area contributed by atoms with E-state index in [2.05, 4.69) is 25.1 Å². The molecule has 38 heavy (non-hydrogen) atoms. The van der Waals surface area contributed by atoms with Gasteiger partial charge in [-0.1, -0.05) is 12.5 Å². The average molecular weight is 535 g/mol. The van der Waals surface area contributed by atoms with Crippen molar-refractivity contribution in [1.82, 2.24) is 30.1 Å². The second-order valence-corrected chi connectivity index (χ2v) is 12.2. The summed E-state index contributed by atoms with van der Waals surface area (Å²) in [5, 5.41) is 8.87. The average Bonchev–Trinajstić information content (AvgIpc) is 3.21. The zero-order valence-corrected chi connectivity index (χ0v) is 21.4. The first-order chi connectivity index (χ1) is 18.2. The van der Waals surface area contributed by atoms with E-state index in [0.717, 1.165) is 55.3 Å². The van der Waals surface area contributed by atoms with Gasteiger partial charge in [0, 0.05) is 30.4 Å². The van der Waals surface area contributed by atoms with Gasteiger partial charge in [-0.2, -0.15) is 5.10 Å². The SMILES string of the molecule is CS(=O)(=O)Cc1ncc(-c2cncc([C@@]34CCC[C@@H](CC3)c3cc(-c5c(F)cccc5F)nnc34)n2)cn1. The number of benzene rings is 1. The molecule has 0 aliphatic heterocycles. The molecule has 1 aromatic carbocycles. The smallest absolute Gasteiger partial charge is 0.154 e. The normalized spacial score (nSPS) is 20.7. The minimum atomic E-state index is -3.25. The Bertz CT molecular complexity index is 1620. The third kappa shape index (κ3) is 4.34. The topological polar surface area (TPSA) is 111 Å². The molecule has 1 fully saturated rings. The Morgan fingerprint density at radius 1 is 0.974 bits per heavy atom. The molecule has 3 aliphatic rings. The molecule has 0 N–H and O–H groups in total. The lowest BCUT2D eigenvalue weighted by molar-refractivity contribution is 0.389. The molecule has 4 aromatic rings. The van der Waals surface area contributed by atoms with Gasteiger partial charge in [0.1, 0.15) is 23.2 Å². The number of halogens is 2. The summed E-state index contributed by atoms with van der Waals surface area (Å²) in [6, 6.07) is 5.56. The Labute approximate surface area is 218 Å². The van der Waals surface area contributed by atoms with Gasteiger partial charge >= 0.3 is 0 Å². The monoisotopic (exact) mass is 534 g/mol. The molecule has 0 unspecified atom stereocenters. The highest BCUT2D eigenvalue weighted by Gasteiger charge is 2.46. The maximum absolute atomic E-state index is 14.5. The Kier molecular flexibility index (Phi) is 5.97. The number of nitrogens with zero attached hydrogens (tertiary/aromatic N) is 6. The standard InChI is InChI=1S/C27H24F2N6O2S/c1-38(36,37)15-24-31-11-17(12-32-24)22-13-30-14-23(33-22)27-8-3-4-16(7-9-27)18-10-21(34-35-26(18)27)25-19(28)5-2-6-20(25)29/h2,5-6,10-14,16H,3-4,7-9,15H2,1H3/t16-,27+/m0/s1. The molecule has 3 aromatic heterocycles. The number of rotatable bonds is 5. The van der Waals surface area contributed by atoms with E-state index in [9.17, 15) is 17.2 Å². The lowest BCUT2D eigenvalue weighted by Crippen LogP contribution is -2.34. The first-order valence-corrected chi connectivity index (χ1v) is 14.4. The second kappa shape index (κ2) is 9.23. The summed E-state index contributed by atoms with van der Waals surface area (Å²) in [5.74, 6) is -1.13. The van der Waals surface area contributed by atoms with Crippen molar-refractivity contribution in [2.45, 2.75) is 49.2 Å². The molecule has 0 saturated heterocycles. The van der Waals surface area contributed by atoms with E-state index in [0.29, 0.717) is 11.3 Å². The molecule has 11 heteroatoms. The van der Waals surface area contributed by atoms with Crippen molar-refractivity contribution >= 4 is 9.84 Å². The van der Waals surface area contributed by atoms with Crippen LogP contribution >= 0.6 is 0 Å². The zero-order valence-electron chi connectivity index (χ0n) is 20.6. The summed E-state index contributed by atoms with van der Waals surface area (Å²) in [6.07, 6.45) is 12.0. The molecule has 2 atom stereocenters. The van der Waals surface area contributed by atoms with Crippen LogP contribution in [-0.4, -0.2) is 44.8 Å². The fourth-order valence-electron chi connectivity index (χ4n) is 5.75. The van der Waals surface area contributed by atoms with Crippen LogP contribution in [0.5, 0.6) is 0 Å². The van der Waals surface area contributed by atoms with Crippen LogP contribution in [0.25, 0.3) is 22.5 Å². The highest BCUT2D eigenvalue weighted by atomic mass is 32.2. The summed E-state index contributed by atoms with van der Waals surface area (Å²) >= 11 is 0. The summed E-state index contributed by atoms with van der Waals surface area (Å²) in [7, 11) is -3.25. The molecule has 0 amide bonds. The van der Waals surface area contributed by atoms with Crippen molar-refractivity contribution in [3.8, 4) is 22.5 Å². The van der Waals surface area contributed by atoms with Gasteiger partial charge < -0.3 is 0 Å². The zero-order chi connectivity index (χ0) is 26.5. The van der Waals surface area contributed by atoms with Crippen LogP contribution < -0.4 is 0 Å². The molecule has 7 rings (SSSR count). The summed E-state index contributed by atoms with van der Waals surface area (Å²) in [4.78, 5) is 17.8. The van der Waals surface area contributed by atoms with Crippen molar-refractivity contribution in [3.05, 3.63) is 83.5 Å². The van der Waals surface area contributed by atoms with E-state index in [-0.39, 0.29) is 28.8 Å². The van der Waals surface area contributed by atoms with Gasteiger partial charge in [-0.25, -0.2) is 32.2 Å². The molecular weight excluding hydrogens is 510 g/mol. The van der Waals surface area contributed by atoms with E-state index < -0.39 is 26.9 Å². The first-order valence-electron chi connectivity index (χ1n) is 12.4. The van der Waals surface area contributed by atoms with Gasteiger partial charge in [-0.3, -0.25) is 4.98 Å². The van der Waals surface area contributed by atoms with Gasteiger partial charge in [0.25, 0.3) is 0 Å². The summed E-state index contributed by atoms with van der Waals surface area (Å²) in [6.45, 7) is 0. The number of hydrogen-bond donors (Lipinski definition) is 0. The van der Waals surface area contributed by atoms with Gasteiger partial charge in [-0.15, -0.1) is 5.10 Å². The van der Waals surface area contributed by atoms with Crippen molar-refractivity contribution in [3.63, 3.8) is 0 Å². The van der Waals surface area contributed by atoms with Crippen molar-refractivity contribution in [2.75, 3.05) is 6.26 Å². The van der Waals surface area contributed by atoms with Crippen molar-refractivity contribution in [2.24, 2.45) is 0 Å². The molecule has 8 nitrogen and oxygen atoms in total. The Morgan fingerprint density at radius 2 is 1.74 bits per heavy atom. The maximum atomic E-state index is 14.5. The van der Waals surface area contributed by atoms with Crippen LogP contribution in [0.4, 0.5) is 8.78 Å². The Morgan fingerprint density at radius 3 is 2.47 bits per heavy atom. The Hall–Kier alpha value is -3.73. The Balaban J connectivity index is 1.41. The summed E-state index contributed by atoms with van der Waals surface area (Å²) in [5.41, 5.74) is 3.17. The van der Waals surface area contributed by atoms with Crippen LogP contribution in [0.15, 0.2) is 49.1 Å². The number of aromatic nitrogens is 6. The van der Waals surface area contributed by atoms with Gasteiger partial charge in [0.05, 0.1) is 40.0 Å². The van der Waals surface area contributed by atoms with Gasteiger partial charge in [0.15, 0.2) is 9.84 Å². The van der Waals surface area contributed by atoms with Gasteiger partial charge in [0.2, 0.25) is 0 Å². The summed E-state index contributed by atoms with van der Waals surface area (Å²) < 4.78 is 52.2. The number of sulfone groups is 1. The van der Waals surface area contributed by atoms with Crippen LogP contribution in [0.2, 0.25) is 0 Å². The molecule has 0 spiro atoms. The number of fused-ring (bicyclic) bond motifs is 3. The number of hydrogen-bond acceptors (Lipinski definition) is 8. The lowest BCUT2D eigenvalue weighted by Gasteiger charge is -2.37. The van der Waals surface area contributed by atoms with Crippen LogP contribution in [-0.2, 0) is 21.0 Å². The molecule has 2 bridgehead atoms. The van der Waals surface area contributed by atoms with Crippen LogP contribution in [0.3, 0.4) is 0 Å². The first kappa shape index (κ1) is 24.6. The van der Waals surface area contributed by atoms with E-state index in [1.165, 1.54) is 18.2 Å². The molecule has 3 heterocycles. The third-order valence-electron chi connectivity index (χ3n) is 7.53. The van der Waals surface area contributed by atoms with Crippen molar-refractivity contribution in [1.29, 1.82) is 0 Å². The van der Waals surface area contributed by atoms with Crippen LogP contribution in [0.1, 0.15) is 60.8 Å². The van der Waals surface area contributed by atoms with E-state index >= 15 is 0 Å². The van der Waals surface area contributed by atoms with Gasteiger partial charge in [-0.05, 0) is 55.4 Å². The fourth-order valence-corrected chi connectivity index (χ4v) is 6.37. The van der Waals surface area contributed by atoms with Crippen molar-refractivity contribution < 1.29 is 17.2 Å². The van der Waals surface area contributed by atoms with Crippen LogP contribution in [0, 0.1) is 11.6 Å². The molecular formula is C27H24F2N6O2S. The lowest BCUT2D eigenvalue weighted by atomic mass is 9.68. The van der Waals surface area contributed by atoms with E-state index in [1.54, 1.807) is 30.9 Å². The molecule has 194 valence electrons. The second-order valence-electron chi connectivity index (χ2n) is 10.1. The molecule has 0 radical (unpaired) electrons. The molecule has 1 saturated carbocycles. The highest BCUT2D eigenvalue weighted by molar-refractivity contribution is 7.89. The maximum Gasteiger partial charge on any atom is 0.154 e. The predicted octanol–water partition coefficient (Wildman–Crippen LogP) is 4.56. The highest BCUT2D eigenvalue weighted by Crippen LogP contribution is 2.53. The minimum absolute atomic E-state index is 0.168. The quantitative estimate of drug-likeness (QED) is 0.366. The minimum Gasteiger partial charge on any atom is -0.261 e. The van der Waals surface area contributed by atoms with E-state index in [1.807, 2.05) is 0 Å². The largest absolute Gasteiger partial charge is 0.261 e. The third-order valence-corrected chi connectivity index (χ3v) is 8.31. The molecule has 3 aliphatic carbocycles. The fraction of sp³-hybridized carbons (Fsp3) is 0.333.